The average Bonchev–Trinajstić information content (AvgIpc) is 2.60. The van der Waals surface area contributed by atoms with Gasteiger partial charge in [-0.2, -0.15) is 0 Å². The van der Waals surface area contributed by atoms with Crippen LogP contribution in [0.15, 0.2) is 23.1 Å². The number of aromatic nitrogens is 1. The van der Waals surface area contributed by atoms with E-state index in [0.717, 1.165) is 0 Å². The smallest absolute Gasteiger partial charge is 0.271 e. The third kappa shape index (κ3) is 1.78. The summed E-state index contributed by atoms with van der Waals surface area (Å²) in [4.78, 5) is 27.1. The van der Waals surface area contributed by atoms with Crippen molar-refractivity contribution in [3.63, 3.8) is 0 Å². The lowest BCUT2D eigenvalue weighted by Gasteiger charge is -2.14. The largest absolute Gasteiger partial charge is 0.330 e. The summed E-state index contributed by atoms with van der Waals surface area (Å²) in [5.41, 5.74) is 5.69. The highest BCUT2D eigenvalue weighted by Crippen LogP contribution is 2.20. The summed E-state index contributed by atoms with van der Waals surface area (Å²) >= 11 is 0. The number of anilines is 1. The first-order chi connectivity index (χ1) is 7.22. The Morgan fingerprint density at radius 3 is 2.93 bits per heavy atom. The Morgan fingerprint density at radius 2 is 2.33 bits per heavy atom. The van der Waals surface area contributed by atoms with E-state index < -0.39 is 0 Å². The molecule has 1 unspecified atom stereocenters. The molecule has 0 bridgehead atoms. The van der Waals surface area contributed by atoms with Gasteiger partial charge in [-0.25, -0.2) is 0 Å². The van der Waals surface area contributed by atoms with Crippen molar-refractivity contribution in [2.45, 2.75) is 6.42 Å². The summed E-state index contributed by atoms with van der Waals surface area (Å²) < 4.78 is 0. The Labute approximate surface area is 86.9 Å². The fourth-order valence-electron chi connectivity index (χ4n) is 1.80. The standard InChI is InChI=1S/C10H13N3O2/c11-5-7-4-9(14)13(6-7)8-2-1-3-12-10(8)15/h1-3,7H,4-6,11H2,(H,12,15). The van der Waals surface area contributed by atoms with Crippen LogP contribution in [0.1, 0.15) is 6.42 Å². The van der Waals surface area contributed by atoms with Crippen LogP contribution in [0.2, 0.25) is 0 Å². The monoisotopic (exact) mass is 207 g/mol. The molecule has 15 heavy (non-hydrogen) atoms. The highest BCUT2D eigenvalue weighted by atomic mass is 16.2. The van der Waals surface area contributed by atoms with E-state index in [9.17, 15) is 9.59 Å². The third-order valence-corrected chi connectivity index (χ3v) is 2.63. The second-order valence-electron chi connectivity index (χ2n) is 3.69. The number of carbonyl (C=O) groups is 1. The number of amides is 1. The lowest BCUT2D eigenvalue weighted by molar-refractivity contribution is -0.117. The molecule has 1 aliphatic rings. The molecular formula is C10H13N3O2. The second kappa shape index (κ2) is 3.86. The number of nitrogens with one attached hydrogen (secondary N) is 1. The highest BCUT2D eigenvalue weighted by molar-refractivity contribution is 5.95. The van der Waals surface area contributed by atoms with Gasteiger partial charge in [0, 0.05) is 19.2 Å². The Kier molecular flexibility index (Phi) is 2.55. The number of carbonyl (C=O) groups excluding carboxylic acids is 1. The first-order valence-electron chi connectivity index (χ1n) is 4.90. The van der Waals surface area contributed by atoms with Gasteiger partial charge in [-0.1, -0.05) is 0 Å². The summed E-state index contributed by atoms with van der Waals surface area (Å²) in [5.74, 6) is 0.138. The molecule has 1 aliphatic heterocycles. The van der Waals surface area contributed by atoms with Crippen molar-refractivity contribution in [2.24, 2.45) is 11.7 Å². The van der Waals surface area contributed by atoms with Crippen LogP contribution < -0.4 is 16.2 Å². The second-order valence-corrected chi connectivity index (χ2v) is 3.69. The zero-order chi connectivity index (χ0) is 10.8. The molecule has 2 rings (SSSR count). The van der Waals surface area contributed by atoms with Crippen molar-refractivity contribution >= 4 is 11.6 Å². The summed E-state index contributed by atoms with van der Waals surface area (Å²) in [7, 11) is 0. The van der Waals surface area contributed by atoms with Crippen molar-refractivity contribution in [2.75, 3.05) is 18.0 Å². The molecule has 0 radical (unpaired) electrons. The first kappa shape index (κ1) is 9.92. The molecule has 5 nitrogen and oxygen atoms in total. The van der Waals surface area contributed by atoms with Crippen LogP contribution in [0.5, 0.6) is 0 Å². The van der Waals surface area contributed by atoms with Gasteiger partial charge in [0.15, 0.2) is 0 Å². The van der Waals surface area contributed by atoms with Crippen molar-refractivity contribution in [1.82, 2.24) is 4.98 Å². The SMILES string of the molecule is NCC1CC(=O)N(c2ccc[nH]c2=O)C1. The molecule has 0 spiro atoms. The minimum atomic E-state index is -0.233. The van der Waals surface area contributed by atoms with Crippen LogP contribution in [0.3, 0.4) is 0 Å². The van der Waals surface area contributed by atoms with Crippen LogP contribution in [0.25, 0.3) is 0 Å². The number of nitrogens with two attached hydrogens (primary N) is 1. The van der Waals surface area contributed by atoms with E-state index in [1.807, 2.05) is 0 Å². The van der Waals surface area contributed by atoms with E-state index in [2.05, 4.69) is 4.98 Å². The van der Waals surface area contributed by atoms with Gasteiger partial charge in [0.25, 0.3) is 5.56 Å². The fraction of sp³-hybridized carbons (Fsp3) is 0.400. The summed E-state index contributed by atoms with van der Waals surface area (Å²) in [6.07, 6.45) is 1.98. The lowest BCUT2D eigenvalue weighted by Crippen LogP contribution is -2.30. The van der Waals surface area contributed by atoms with Gasteiger partial charge in [0.1, 0.15) is 5.69 Å². The van der Waals surface area contributed by atoms with Crippen molar-refractivity contribution in [3.8, 4) is 0 Å². The van der Waals surface area contributed by atoms with Crippen molar-refractivity contribution in [3.05, 3.63) is 28.7 Å². The van der Waals surface area contributed by atoms with Crippen molar-refractivity contribution < 1.29 is 4.79 Å². The van der Waals surface area contributed by atoms with Gasteiger partial charge in [0.2, 0.25) is 5.91 Å². The van der Waals surface area contributed by atoms with E-state index in [1.54, 1.807) is 18.3 Å². The minimum absolute atomic E-state index is 0.0258. The quantitative estimate of drug-likeness (QED) is 0.698. The number of hydrogen-bond acceptors (Lipinski definition) is 3. The van der Waals surface area contributed by atoms with E-state index in [1.165, 1.54) is 4.90 Å². The third-order valence-electron chi connectivity index (χ3n) is 2.63. The molecule has 1 atom stereocenters. The van der Waals surface area contributed by atoms with Crippen molar-refractivity contribution in [1.29, 1.82) is 0 Å². The molecule has 5 heteroatoms. The predicted octanol–water partition coefficient (Wildman–Crippen LogP) is -0.314. The Morgan fingerprint density at radius 1 is 1.53 bits per heavy atom. The number of rotatable bonds is 2. The van der Waals surface area contributed by atoms with Gasteiger partial charge in [-0.3, -0.25) is 9.59 Å². The van der Waals surface area contributed by atoms with Gasteiger partial charge < -0.3 is 15.6 Å². The first-order valence-corrected chi connectivity index (χ1v) is 4.90. The van der Waals surface area contributed by atoms with Gasteiger partial charge in [-0.15, -0.1) is 0 Å². The summed E-state index contributed by atoms with van der Waals surface area (Å²) in [6, 6.07) is 3.36. The molecule has 0 saturated carbocycles. The Bertz CT molecular complexity index is 427. The topological polar surface area (TPSA) is 79.2 Å². The summed E-state index contributed by atoms with van der Waals surface area (Å²) in [6.45, 7) is 1.02. The molecular weight excluding hydrogens is 194 g/mol. The number of H-pyrrole nitrogens is 1. The number of nitrogens with zero attached hydrogens (tertiary/aromatic N) is 1. The molecule has 1 aromatic heterocycles. The maximum Gasteiger partial charge on any atom is 0.271 e. The molecule has 0 aliphatic carbocycles. The van der Waals surface area contributed by atoms with Gasteiger partial charge >= 0.3 is 0 Å². The Balaban J connectivity index is 2.29. The number of aromatic amines is 1. The number of hydrogen-bond donors (Lipinski definition) is 2. The maximum atomic E-state index is 11.6. The Hall–Kier alpha value is -1.62. The van der Waals surface area contributed by atoms with Crippen LogP contribution in [-0.2, 0) is 4.79 Å². The van der Waals surface area contributed by atoms with Crippen LogP contribution in [-0.4, -0.2) is 24.0 Å². The highest BCUT2D eigenvalue weighted by Gasteiger charge is 2.30. The number of pyridine rings is 1. The van der Waals surface area contributed by atoms with Crippen LogP contribution >= 0.6 is 0 Å². The molecule has 0 aromatic carbocycles. The van der Waals surface area contributed by atoms with Gasteiger partial charge in [-0.05, 0) is 24.6 Å². The molecule has 1 fully saturated rings. The summed E-state index contributed by atoms with van der Waals surface area (Å²) in [5, 5.41) is 0. The van der Waals surface area contributed by atoms with E-state index in [0.29, 0.717) is 25.2 Å². The molecule has 1 amide bonds. The van der Waals surface area contributed by atoms with E-state index in [-0.39, 0.29) is 17.4 Å². The predicted molar refractivity (Wildman–Crippen MR) is 56.6 cm³/mol. The zero-order valence-corrected chi connectivity index (χ0v) is 8.27. The van der Waals surface area contributed by atoms with E-state index in [4.69, 9.17) is 5.73 Å². The molecule has 1 saturated heterocycles. The van der Waals surface area contributed by atoms with Crippen LogP contribution in [0, 0.1) is 5.92 Å². The molecule has 1 aromatic rings. The molecule has 2 heterocycles. The lowest BCUT2D eigenvalue weighted by atomic mass is 10.1. The maximum absolute atomic E-state index is 11.6. The van der Waals surface area contributed by atoms with Crippen LogP contribution in [0.4, 0.5) is 5.69 Å². The minimum Gasteiger partial charge on any atom is -0.330 e. The average molecular weight is 207 g/mol. The normalized spacial score (nSPS) is 21.0. The van der Waals surface area contributed by atoms with Gasteiger partial charge in [0.05, 0.1) is 0 Å². The van der Waals surface area contributed by atoms with E-state index >= 15 is 0 Å². The fourth-order valence-corrected chi connectivity index (χ4v) is 1.80. The molecule has 80 valence electrons. The zero-order valence-electron chi connectivity index (χ0n) is 8.27. The molecule has 3 N–H and O–H groups in total.